The van der Waals surface area contributed by atoms with Gasteiger partial charge in [0.25, 0.3) is 0 Å². The van der Waals surface area contributed by atoms with Crippen LogP contribution in [-0.2, 0) is 0 Å². The summed E-state index contributed by atoms with van der Waals surface area (Å²) in [4.78, 5) is 16.2. The maximum absolute atomic E-state index is 10.8. The molecule has 2 rings (SSSR count). The van der Waals surface area contributed by atoms with Crippen LogP contribution in [0.2, 0.25) is 0 Å². The van der Waals surface area contributed by atoms with Crippen LogP contribution in [0.25, 0.3) is 5.13 Å². The van der Waals surface area contributed by atoms with Crippen molar-refractivity contribution in [3.05, 3.63) is 22.0 Å². The predicted molar refractivity (Wildman–Crippen MR) is 58.2 cm³/mol. The number of rotatable bonds is 2. The Balaban J connectivity index is 2.53. The van der Waals surface area contributed by atoms with Crippen LogP contribution in [0.3, 0.4) is 0 Å². The summed E-state index contributed by atoms with van der Waals surface area (Å²) in [5.41, 5.74) is 1.37. The maximum Gasteiger partial charge on any atom is 0.358 e. The number of thiazole rings is 1. The number of carboxylic acid groups (broad SMARTS) is 1. The van der Waals surface area contributed by atoms with Crippen molar-refractivity contribution < 1.29 is 9.90 Å². The van der Waals surface area contributed by atoms with Gasteiger partial charge < -0.3 is 5.11 Å². The fourth-order valence-electron chi connectivity index (χ4n) is 1.25. The molecular weight excluding hydrogens is 228 g/mol. The smallest absolute Gasteiger partial charge is 0.358 e. The van der Waals surface area contributed by atoms with Gasteiger partial charge in [0.05, 0.1) is 11.4 Å². The lowest BCUT2D eigenvalue weighted by atomic mass is 10.3. The fourth-order valence-corrected chi connectivity index (χ4v) is 2.16. The van der Waals surface area contributed by atoms with E-state index in [0.717, 1.165) is 10.6 Å². The molecule has 0 saturated heterocycles. The Kier molecular flexibility index (Phi) is 2.47. The second kappa shape index (κ2) is 3.67. The standard InChI is InChI=1S/C9H10N4O2S/c1-4-6(3)16-9(10-4)13-5(2)7(8(14)15)11-12-13/h1-3H3,(H,14,15). The molecule has 16 heavy (non-hydrogen) atoms. The lowest BCUT2D eigenvalue weighted by molar-refractivity contribution is 0.0689. The molecule has 2 aromatic heterocycles. The lowest BCUT2D eigenvalue weighted by Crippen LogP contribution is -2.02. The molecule has 0 fully saturated rings. The molecule has 2 heterocycles. The first-order valence-electron chi connectivity index (χ1n) is 4.60. The molecule has 7 heteroatoms. The highest BCUT2D eigenvalue weighted by Gasteiger charge is 2.18. The number of aromatic carboxylic acids is 1. The van der Waals surface area contributed by atoms with Crippen molar-refractivity contribution >= 4 is 17.3 Å². The second-order valence-electron chi connectivity index (χ2n) is 3.38. The highest BCUT2D eigenvalue weighted by molar-refractivity contribution is 7.14. The third-order valence-electron chi connectivity index (χ3n) is 2.30. The summed E-state index contributed by atoms with van der Waals surface area (Å²) in [6, 6.07) is 0. The predicted octanol–water partition coefficient (Wildman–Crippen LogP) is 1.35. The van der Waals surface area contributed by atoms with Crippen LogP contribution in [0.1, 0.15) is 26.8 Å². The second-order valence-corrected chi connectivity index (χ2v) is 4.56. The average Bonchev–Trinajstić information content (AvgIpc) is 2.71. The van der Waals surface area contributed by atoms with Crippen LogP contribution in [0.15, 0.2) is 0 Å². The molecular formula is C9H10N4O2S. The first-order valence-corrected chi connectivity index (χ1v) is 5.42. The topological polar surface area (TPSA) is 80.9 Å². The zero-order chi connectivity index (χ0) is 11.9. The van der Waals surface area contributed by atoms with Crippen LogP contribution in [0.4, 0.5) is 0 Å². The van der Waals surface area contributed by atoms with Gasteiger partial charge in [0.2, 0.25) is 5.13 Å². The van der Waals surface area contributed by atoms with E-state index in [1.54, 1.807) is 6.92 Å². The fraction of sp³-hybridized carbons (Fsp3) is 0.333. The molecule has 0 amide bonds. The summed E-state index contributed by atoms with van der Waals surface area (Å²) in [7, 11) is 0. The van der Waals surface area contributed by atoms with Crippen molar-refractivity contribution in [3.63, 3.8) is 0 Å². The Hall–Kier alpha value is -1.76. The molecule has 0 aliphatic heterocycles. The van der Waals surface area contributed by atoms with E-state index in [2.05, 4.69) is 15.3 Å². The van der Waals surface area contributed by atoms with Crippen molar-refractivity contribution in [2.45, 2.75) is 20.8 Å². The molecule has 0 aliphatic rings. The largest absolute Gasteiger partial charge is 0.476 e. The summed E-state index contributed by atoms with van der Waals surface area (Å²) in [5.74, 6) is -1.08. The Morgan fingerprint density at radius 3 is 2.50 bits per heavy atom. The molecule has 1 N–H and O–H groups in total. The van der Waals surface area contributed by atoms with Crippen LogP contribution >= 0.6 is 11.3 Å². The zero-order valence-electron chi connectivity index (χ0n) is 9.05. The van der Waals surface area contributed by atoms with Crippen molar-refractivity contribution in [1.29, 1.82) is 0 Å². The van der Waals surface area contributed by atoms with Crippen molar-refractivity contribution in [2.24, 2.45) is 0 Å². The monoisotopic (exact) mass is 238 g/mol. The van der Waals surface area contributed by atoms with E-state index in [1.807, 2.05) is 13.8 Å². The molecule has 0 atom stereocenters. The minimum atomic E-state index is -1.08. The van der Waals surface area contributed by atoms with E-state index in [-0.39, 0.29) is 5.69 Å². The van der Waals surface area contributed by atoms with Gasteiger partial charge in [-0.25, -0.2) is 9.78 Å². The van der Waals surface area contributed by atoms with Gasteiger partial charge >= 0.3 is 5.97 Å². The summed E-state index contributed by atoms with van der Waals surface area (Å²) in [6.07, 6.45) is 0. The third kappa shape index (κ3) is 1.58. The zero-order valence-corrected chi connectivity index (χ0v) is 9.87. The van der Waals surface area contributed by atoms with Gasteiger partial charge in [-0.05, 0) is 20.8 Å². The summed E-state index contributed by atoms with van der Waals surface area (Å²) >= 11 is 1.46. The van der Waals surface area contributed by atoms with E-state index in [1.165, 1.54) is 16.0 Å². The van der Waals surface area contributed by atoms with Crippen molar-refractivity contribution in [3.8, 4) is 5.13 Å². The molecule has 0 unspecified atom stereocenters. The van der Waals surface area contributed by atoms with Crippen molar-refractivity contribution in [2.75, 3.05) is 0 Å². The van der Waals surface area contributed by atoms with E-state index in [4.69, 9.17) is 5.11 Å². The molecule has 2 aromatic rings. The highest BCUT2D eigenvalue weighted by Crippen LogP contribution is 2.21. The number of carboxylic acids is 1. The van der Waals surface area contributed by atoms with Crippen LogP contribution in [0.5, 0.6) is 0 Å². The third-order valence-corrected chi connectivity index (χ3v) is 3.34. The van der Waals surface area contributed by atoms with Gasteiger partial charge in [-0.1, -0.05) is 16.6 Å². The van der Waals surface area contributed by atoms with E-state index >= 15 is 0 Å². The van der Waals surface area contributed by atoms with E-state index < -0.39 is 5.97 Å². The van der Waals surface area contributed by atoms with E-state index in [9.17, 15) is 4.79 Å². The van der Waals surface area contributed by atoms with Gasteiger partial charge in [0.1, 0.15) is 0 Å². The average molecular weight is 238 g/mol. The number of hydrogen-bond acceptors (Lipinski definition) is 5. The van der Waals surface area contributed by atoms with Crippen LogP contribution in [-0.4, -0.2) is 31.1 Å². The Morgan fingerprint density at radius 1 is 1.38 bits per heavy atom. The molecule has 0 spiro atoms. The number of carbonyl (C=O) groups is 1. The molecule has 0 radical (unpaired) electrons. The number of aryl methyl sites for hydroxylation is 2. The molecule has 0 aromatic carbocycles. The highest BCUT2D eigenvalue weighted by atomic mass is 32.1. The Morgan fingerprint density at radius 2 is 2.06 bits per heavy atom. The van der Waals surface area contributed by atoms with Crippen molar-refractivity contribution in [1.82, 2.24) is 20.0 Å². The minimum Gasteiger partial charge on any atom is -0.476 e. The van der Waals surface area contributed by atoms with Crippen LogP contribution < -0.4 is 0 Å². The number of nitrogens with zero attached hydrogens (tertiary/aromatic N) is 4. The normalized spacial score (nSPS) is 10.7. The first kappa shape index (κ1) is 10.7. The molecule has 0 saturated carbocycles. The van der Waals surface area contributed by atoms with Gasteiger partial charge in [0, 0.05) is 4.88 Å². The SMILES string of the molecule is Cc1nc(-n2nnc(C(=O)O)c2C)sc1C. The lowest BCUT2D eigenvalue weighted by Gasteiger charge is -1.96. The summed E-state index contributed by atoms with van der Waals surface area (Å²) in [6.45, 7) is 5.52. The van der Waals surface area contributed by atoms with Gasteiger partial charge in [-0.3, -0.25) is 0 Å². The van der Waals surface area contributed by atoms with Gasteiger partial charge in [-0.2, -0.15) is 4.68 Å². The summed E-state index contributed by atoms with van der Waals surface area (Å²) in [5, 5.41) is 16.9. The quantitative estimate of drug-likeness (QED) is 0.854. The molecule has 0 bridgehead atoms. The van der Waals surface area contributed by atoms with E-state index in [0.29, 0.717) is 10.8 Å². The first-order chi connectivity index (χ1) is 7.50. The van der Waals surface area contributed by atoms with Crippen LogP contribution in [0, 0.1) is 20.8 Å². The number of hydrogen-bond donors (Lipinski definition) is 1. The molecule has 0 aliphatic carbocycles. The summed E-state index contributed by atoms with van der Waals surface area (Å²) < 4.78 is 1.45. The Bertz CT molecular complexity index is 538. The number of aromatic nitrogens is 4. The van der Waals surface area contributed by atoms with Gasteiger partial charge in [-0.15, -0.1) is 5.10 Å². The Labute approximate surface area is 95.6 Å². The van der Waals surface area contributed by atoms with Gasteiger partial charge in [0.15, 0.2) is 5.69 Å². The maximum atomic E-state index is 10.8. The molecule has 84 valence electrons. The minimum absolute atomic E-state index is 0.0366. The molecule has 6 nitrogen and oxygen atoms in total.